The minimum Gasteiger partial charge on any atom is -0.430 e. The molecule has 4 unspecified atom stereocenters. The number of aliphatic hydroxyl groups excluding tert-OH is 1. The van der Waals surface area contributed by atoms with Gasteiger partial charge in [0, 0.05) is 17.5 Å². The molecule has 5 rings (SSSR count). The van der Waals surface area contributed by atoms with Gasteiger partial charge in [0.15, 0.2) is 0 Å². The van der Waals surface area contributed by atoms with E-state index in [4.69, 9.17) is 27.9 Å². The molecule has 3 aliphatic rings. The number of hydrogen-bond acceptors (Lipinski definition) is 5. The Hall–Kier alpha value is -2.32. The summed E-state index contributed by atoms with van der Waals surface area (Å²) in [6.45, 7) is 0. The normalized spacial score (nSPS) is 25.1. The van der Waals surface area contributed by atoms with Crippen molar-refractivity contribution in [3.63, 3.8) is 0 Å². The van der Waals surface area contributed by atoms with E-state index in [9.17, 15) is 18.3 Å². The van der Waals surface area contributed by atoms with Crippen LogP contribution in [-0.2, 0) is 19.6 Å². The lowest BCUT2D eigenvalue weighted by molar-refractivity contribution is -0.160. The van der Waals surface area contributed by atoms with Crippen molar-refractivity contribution in [1.82, 2.24) is 0 Å². The molecular formula is C27H27Cl2NO5S. The van der Waals surface area contributed by atoms with Crippen LogP contribution in [0.25, 0.3) is 0 Å². The van der Waals surface area contributed by atoms with Crippen molar-refractivity contribution in [3.05, 3.63) is 82.1 Å². The van der Waals surface area contributed by atoms with Crippen molar-refractivity contribution in [2.75, 3.05) is 4.72 Å². The molecule has 190 valence electrons. The van der Waals surface area contributed by atoms with Crippen LogP contribution in [0.5, 0.6) is 0 Å². The third-order valence-corrected chi connectivity index (χ3v) is 9.48. The largest absolute Gasteiger partial charge is 0.430 e. The summed E-state index contributed by atoms with van der Waals surface area (Å²) in [7, 11) is -4.06. The fourth-order valence-corrected chi connectivity index (χ4v) is 7.54. The Labute approximate surface area is 221 Å². The second-order valence-corrected chi connectivity index (χ2v) is 12.1. The molecule has 1 heterocycles. The lowest BCUT2D eigenvalue weighted by Gasteiger charge is -2.39. The van der Waals surface area contributed by atoms with Crippen LogP contribution in [0.2, 0.25) is 10.0 Å². The van der Waals surface area contributed by atoms with E-state index >= 15 is 0 Å². The third kappa shape index (κ3) is 5.07. The number of hydrogen-bond donors (Lipinski definition) is 2. The van der Waals surface area contributed by atoms with Crippen LogP contribution in [0.4, 0.5) is 5.69 Å². The molecule has 9 heteroatoms. The number of carbonyl (C=O) groups excluding carboxylic acids is 1. The van der Waals surface area contributed by atoms with Gasteiger partial charge in [-0.15, -0.1) is 0 Å². The average Bonchev–Trinajstić information content (AvgIpc) is 3.62. The molecule has 0 radical (unpaired) electrons. The molecule has 0 bridgehead atoms. The van der Waals surface area contributed by atoms with E-state index in [0.29, 0.717) is 11.4 Å². The third-order valence-electron chi connectivity index (χ3n) is 7.15. The van der Waals surface area contributed by atoms with Gasteiger partial charge in [0.1, 0.15) is 10.7 Å². The molecule has 0 amide bonds. The number of esters is 1. The van der Waals surface area contributed by atoms with E-state index in [2.05, 4.69) is 4.72 Å². The Bertz CT molecular complexity index is 1320. The number of sulfonamides is 1. The lowest BCUT2D eigenvalue weighted by atomic mass is 9.72. The van der Waals surface area contributed by atoms with Gasteiger partial charge < -0.3 is 9.84 Å². The van der Waals surface area contributed by atoms with Gasteiger partial charge in [0.05, 0.1) is 22.1 Å². The van der Waals surface area contributed by atoms with Gasteiger partial charge >= 0.3 is 5.97 Å². The molecular weight excluding hydrogens is 521 g/mol. The fraction of sp³-hybridized carbons (Fsp3) is 0.370. The van der Waals surface area contributed by atoms with Crippen molar-refractivity contribution >= 4 is 44.9 Å². The van der Waals surface area contributed by atoms with Gasteiger partial charge in [-0.2, -0.15) is 0 Å². The number of halogens is 2. The van der Waals surface area contributed by atoms with Crippen LogP contribution in [0.15, 0.2) is 71.3 Å². The van der Waals surface area contributed by atoms with Gasteiger partial charge in [-0.05, 0) is 73.9 Å². The minimum absolute atomic E-state index is 0.0213. The van der Waals surface area contributed by atoms with E-state index in [-0.39, 0.29) is 32.7 Å². The molecule has 1 saturated carbocycles. The van der Waals surface area contributed by atoms with E-state index in [1.165, 1.54) is 12.1 Å². The molecule has 6 nitrogen and oxygen atoms in total. The van der Waals surface area contributed by atoms with Crippen LogP contribution in [0.1, 0.15) is 43.6 Å². The van der Waals surface area contributed by atoms with Crippen molar-refractivity contribution in [1.29, 1.82) is 0 Å². The molecule has 2 aliphatic carbocycles. The molecule has 1 saturated heterocycles. The van der Waals surface area contributed by atoms with Crippen LogP contribution in [0, 0.1) is 17.8 Å². The second kappa shape index (κ2) is 10.2. The van der Waals surface area contributed by atoms with Crippen LogP contribution >= 0.6 is 23.2 Å². The summed E-state index contributed by atoms with van der Waals surface area (Å²) in [5.74, 6) is -0.975. The number of allylic oxidation sites excluding steroid dienone is 3. The summed E-state index contributed by atoms with van der Waals surface area (Å²) in [5, 5.41) is 11.5. The summed E-state index contributed by atoms with van der Waals surface area (Å²) in [4.78, 5) is 13.0. The smallest absolute Gasteiger partial charge is 0.317 e. The Morgan fingerprint density at radius 3 is 2.50 bits per heavy atom. The van der Waals surface area contributed by atoms with E-state index in [1.54, 1.807) is 30.3 Å². The Morgan fingerprint density at radius 1 is 1.06 bits per heavy atom. The first-order chi connectivity index (χ1) is 17.3. The highest BCUT2D eigenvalue weighted by Crippen LogP contribution is 2.51. The Kier molecular flexibility index (Phi) is 7.18. The zero-order valence-electron chi connectivity index (χ0n) is 19.4. The predicted molar refractivity (Wildman–Crippen MR) is 139 cm³/mol. The first-order valence-corrected chi connectivity index (χ1v) is 14.3. The standard InChI is InChI=1S/C27H27Cl2NO5S/c28-20-10-6-11-21(29)26(20)36(33,34)30-18-8-5-7-17(15-18)23(16-13-14-16)24-25(31)19-9-3-1-2-4-12-22(19)35-27(24)32/h2,4-8,10-12,15-16,19,23-25,30-31H,1,3,9,13-14H2. The van der Waals surface area contributed by atoms with Gasteiger partial charge in [-0.1, -0.05) is 53.6 Å². The minimum atomic E-state index is -4.06. The first kappa shape index (κ1) is 25.3. The van der Waals surface area contributed by atoms with E-state index in [0.717, 1.165) is 37.7 Å². The molecule has 2 aromatic carbocycles. The van der Waals surface area contributed by atoms with Crippen LogP contribution < -0.4 is 4.72 Å². The highest BCUT2D eigenvalue weighted by Gasteiger charge is 2.50. The molecule has 2 N–H and O–H groups in total. The van der Waals surface area contributed by atoms with Gasteiger partial charge in [0.2, 0.25) is 0 Å². The average molecular weight is 548 g/mol. The number of carbonyl (C=O) groups is 1. The van der Waals surface area contributed by atoms with Crippen LogP contribution in [-0.4, -0.2) is 25.6 Å². The maximum Gasteiger partial charge on any atom is 0.317 e. The highest BCUT2D eigenvalue weighted by atomic mass is 35.5. The van der Waals surface area contributed by atoms with Crippen molar-refractivity contribution < 1.29 is 23.1 Å². The zero-order chi connectivity index (χ0) is 25.4. The number of aliphatic hydroxyl groups is 1. The zero-order valence-corrected chi connectivity index (χ0v) is 21.8. The first-order valence-electron chi connectivity index (χ1n) is 12.1. The lowest BCUT2D eigenvalue weighted by Crippen LogP contribution is -2.45. The maximum absolute atomic E-state index is 13.2. The summed E-state index contributed by atoms with van der Waals surface area (Å²) in [5.41, 5.74) is 1.10. The number of rotatable bonds is 6. The topological polar surface area (TPSA) is 92.7 Å². The van der Waals surface area contributed by atoms with Crippen molar-refractivity contribution in [2.24, 2.45) is 17.8 Å². The number of nitrogens with one attached hydrogen (secondary N) is 1. The molecule has 4 atom stereocenters. The fourth-order valence-electron chi connectivity index (χ4n) is 5.35. The second-order valence-electron chi connectivity index (χ2n) is 9.62. The van der Waals surface area contributed by atoms with Gasteiger partial charge in [0.25, 0.3) is 10.0 Å². The predicted octanol–water partition coefficient (Wildman–Crippen LogP) is 6.06. The number of benzene rings is 2. The van der Waals surface area contributed by atoms with E-state index in [1.807, 2.05) is 18.2 Å². The molecule has 0 aromatic heterocycles. The van der Waals surface area contributed by atoms with Crippen molar-refractivity contribution in [3.8, 4) is 0 Å². The monoisotopic (exact) mass is 547 g/mol. The molecule has 36 heavy (non-hydrogen) atoms. The number of ether oxygens (including phenoxy) is 1. The summed E-state index contributed by atoms with van der Waals surface area (Å²) in [6.07, 6.45) is 9.22. The number of fused-ring (bicyclic) bond motifs is 1. The SMILES string of the molecule is O=C1OC2=CC=CCCCC2C(O)C1C(c1cccc(NS(=O)(=O)c2c(Cl)cccc2Cl)c1)C1CC1. The Balaban J connectivity index is 1.46. The van der Waals surface area contributed by atoms with Crippen molar-refractivity contribution in [2.45, 2.75) is 49.0 Å². The highest BCUT2D eigenvalue weighted by molar-refractivity contribution is 7.93. The van der Waals surface area contributed by atoms with Gasteiger partial charge in [-0.3, -0.25) is 9.52 Å². The van der Waals surface area contributed by atoms with Gasteiger partial charge in [-0.25, -0.2) is 8.42 Å². The summed E-state index contributed by atoms with van der Waals surface area (Å²) in [6, 6.07) is 11.5. The molecule has 1 aliphatic heterocycles. The molecule has 2 fully saturated rings. The van der Waals surface area contributed by atoms with E-state index < -0.39 is 28.0 Å². The summed E-state index contributed by atoms with van der Waals surface area (Å²) >= 11 is 12.3. The molecule has 0 spiro atoms. The quantitative estimate of drug-likeness (QED) is 0.428. The summed E-state index contributed by atoms with van der Waals surface area (Å²) < 4.78 is 34.5. The molecule has 2 aromatic rings. The number of anilines is 1. The Morgan fingerprint density at radius 2 is 1.78 bits per heavy atom. The van der Waals surface area contributed by atoms with Crippen LogP contribution in [0.3, 0.4) is 0 Å². The maximum atomic E-state index is 13.2.